The molecule has 0 saturated heterocycles. The zero-order valence-corrected chi connectivity index (χ0v) is 16.7. The topological polar surface area (TPSA) is 91.6 Å². The third-order valence-corrected chi connectivity index (χ3v) is 5.84. The van der Waals surface area contributed by atoms with Gasteiger partial charge in [0.1, 0.15) is 17.1 Å². The fraction of sp³-hybridized carbons (Fsp3) is 0.125. The van der Waals surface area contributed by atoms with Crippen LogP contribution in [0.15, 0.2) is 66.9 Å². The molecule has 0 unspecified atom stereocenters. The second-order valence-corrected chi connectivity index (χ2v) is 7.81. The zero-order valence-electron chi connectivity index (χ0n) is 16.7. The first-order valence-electron chi connectivity index (χ1n) is 10.3. The Morgan fingerprint density at radius 2 is 1.77 bits per heavy atom. The lowest BCUT2D eigenvalue weighted by atomic mass is 10.0. The molecule has 0 aliphatic carbocycles. The minimum absolute atomic E-state index is 0.253. The number of nitrogens with one attached hydrogen (secondary N) is 2. The second-order valence-electron chi connectivity index (χ2n) is 7.81. The molecule has 5 aromatic rings. The van der Waals surface area contributed by atoms with Crippen LogP contribution in [-0.2, 0) is 13.0 Å². The number of aromatic hydroxyl groups is 1. The molecule has 0 amide bonds. The number of hydrogen-bond donors (Lipinski definition) is 3. The van der Waals surface area contributed by atoms with Gasteiger partial charge in [-0.05, 0) is 71.6 Å². The summed E-state index contributed by atoms with van der Waals surface area (Å²) in [5.74, 6) is 0.253. The van der Waals surface area contributed by atoms with Crippen molar-refractivity contribution in [3.05, 3.63) is 78.0 Å². The summed E-state index contributed by atoms with van der Waals surface area (Å²) in [7, 11) is 0. The highest BCUT2D eigenvalue weighted by atomic mass is 16.3. The Labute approximate surface area is 178 Å². The molecule has 0 saturated carbocycles. The van der Waals surface area contributed by atoms with E-state index in [4.69, 9.17) is 0 Å². The SMILES string of the molecule is Oc1ccc(-c2ccc3[nH]nc(-c4cn(-c5ccc6c(c5)CNCC6)nn4)c3c2)cc1. The van der Waals surface area contributed by atoms with Crippen molar-refractivity contribution in [3.63, 3.8) is 0 Å². The van der Waals surface area contributed by atoms with E-state index >= 15 is 0 Å². The van der Waals surface area contributed by atoms with Crippen molar-refractivity contribution in [2.45, 2.75) is 13.0 Å². The average molecular weight is 408 g/mol. The first kappa shape index (κ1) is 17.9. The molecule has 3 heterocycles. The van der Waals surface area contributed by atoms with E-state index < -0.39 is 0 Å². The molecule has 0 spiro atoms. The van der Waals surface area contributed by atoms with Crippen molar-refractivity contribution >= 4 is 10.9 Å². The maximum absolute atomic E-state index is 9.56. The minimum Gasteiger partial charge on any atom is -0.508 e. The lowest BCUT2D eigenvalue weighted by Crippen LogP contribution is -2.23. The number of fused-ring (bicyclic) bond motifs is 2. The van der Waals surface area contributed by atoms with Gasteiger partial charge >= 0.3 is 0 Å². The number of phenolic OH excluding ortho intramolecular Hbond substituents is 1. The van der Waals surface area contributed by atoms with E-state index in [0.717, 1.165) is 52.9 Å². The molecule has 0 atom stereocenters. The molecule has 7 nitrogen and oxygen atoms in total. The molecule has 0 fully saturated rings. The number of phenols is 1. The molecular formula is C24H20N6O. The van der Waals surface area contributed by atoms with Crippen molar-refractivity contribution in [2.24, 2.45) is 0 Å². The van der Waals surface area contributed by atoms with Gasteiger partial charge in [0.25, 0.3) is 0 Å². The van der Waals surface area contributed by atoms with E-state index in [1.54, 1.807) is 16.8 Å². The predicted octanol–water partition coefficient (Wildman–Crippen LogP) is 3.83. The number of nitrogens with zero attached hydrogens (tertiary/aromatic N) is 4. The third kappa shape index (κ3) is 3.15. The third-order valence-electron chi connectivity index (χ3n) is 5.84. The Hall–Kier alpha value is -3.97. The highest BCUT2D eigenvalue weighted by Gasteiger charge is 2.15. The summed E-state index contributed by atoms with van der Waals surface area (Å²) >= 11 is 0. The van der Waals surface area contributed by atoms with Gasteiger partial charge in [-0.15, -0.1) is 5.10 Å². The smallest absolute Gasteiger partial charge is 0.134 e. The van der Waals surface area contributed by atoms with Crippen LogP contribution in [0, 0.1) is 0 Å². The van der Waals surface area contributed by atoms with Crippen LogP contribution in [0.3, 0.4) is 0 Å². The second kappa shape index (κ2) is 7.07. The number of aromatic amines is 1. The number of hydrogen-bond acceptors (Lipinski definition) is 5. The minimum atomic E-state index is 0.253. The molecule has 2 aromatic heterocycles. The van der Waals surface area contributed by atoms with Crippen LogP contribution in [0.5, 0.6) is 5.75 Å². The molecule has 152 valence electrons. The van der Waals surface area contributed by atoms with E-state index in [1.165, 1.54) is 11.1 Å². The lowest BCUT2D eigenvalue weighted by Gasteiger charge is -2.17. The summed E-state index contributed by atoms with van der Waals surface area (Å²) in [6.45, 7) is 1.91. The number of benzene rings is 3. The predicted molar refractivity (Wildman–Crippen MR) is 119 cm³/mol. The Morgan fingerprint density at radius 1 is 0.903 bits per heavy atom. The van der Waals surface area contributed by atoms with Gasteiger partial charge in [0, 0.05) is 11.9 Å². The summed E-state index contributed by atoms with van der Waals surface area (Å²) in [5, 5.41) is 30.3. The Balaban J connectivity index is 1.38. The maximum Gasteiger partial charge on any atom is 0.134 e. The van der Waals surface area contributed by atoms with Crippen LogP contribution in [-0.4, -0.2) is 36.8 Å². The highest BCUT2D eigenvalue weighted by Crippen LogP contribution is 2.30. The quantitative estimate of drug-likeness (QED) is 0.422. The normalized spacial score (nSPS) is 13.4. The van der Waals surface area contributed by atoms with E-state index in [9.17, 15) is 5.11 Å². The van der Waals surface area contributed by atoms with Crippen LogP contribution >= 0.6 is 0 Å². The molecule has 31 heavy (non-hydrogen) atoms. The van der Waals surface area contributed by atoms with Crippen LogP contribution < -0.4 is 5.32 Å². The van der Waals surface area contributed by atoms with Crippen LogP contribution in [0.25, 0.3) is 39.1 Å². The van der Waals surface area contributed by atoms with E-state index in [2.05, 4.69) is 50.1 Å². The first-order chi connectivity index (χ1) is 15.2. The summed E-state index contributed by atoms with van der Waals surface area (Å²) in [6, 6.07) is 19.8. The van der Waals surface area contributed by atoms with Crippen LogP contribution in [0.2, 0.25) is 0 Å². The molecule has 1 aliphatic heterocycles. The summed E-state index contributed by atoms with van der Waals surface area (Å²) < 4.78 is 1.80. The lowest BCUT2D eigenvalue weighted by molar-refractivity contribution is 0.475. The van der Waals surface area contributed by atoms with Gasteiger partial charge in [0.15, 0.2) is 0 Å². The van der Waals surface area contributed by atoms with Crippen molar-refractivity contribution in [2.75, 3.05) is 6.54 Å². The Kier molecular flexibility index (Phi) is 4.07. The molecule has 3 N–H and O–H groups in total. The van der Waals surface area contributed by atoms with E-state index in [1.807, 2.05) is 30.5 Å². The standard InChI is InChI=1S/C24H20N6O/c31-20-6-2-15(3-7-20)17-4-8-22-21(12-17)24(28-26-22)23-14-30(29-27-23)19-5-1-16-9-10-25-13-18(16)11-19/h1-8,11-12,14,25,31H,9-10,13H2,(H,26,28). The van der Waals surface area contributed by atoms with E-state index in [0.29, 0.717) is 5.69 Å². The van der Waals surface area contributed by atoms with Crippen molar-refractivity contribution < 1.29 is 5.11 Å². The molecule has 0 radical (unpaired) electrons. The molecule has 7 heteroatoms. The summed E-state index contributed by atoms with van der Waals surface area (Å²) in [6.07, 6.45) is 2.97. The maximum atomic E-state index is 9.56. The monoisotopic (exact) mass is 408 g/mol. The van der Waals surface area contributed by atoms with Gasteiger partial charge in [-0.2, -0.15) is 5.10 Å². The van der Waals surface area contributed by atoms with Gasteiger partial charge < -0.3 is 10.4 Å². The van der Waals surface area contributed by atoms with Crippen molar-refractivity contribution in [1.82, 2.24) is 30.5 Å². The van der Waals surface area contributed by atoms with Gasteiger partial charge in [-0.25, -0.2) is 4.68 Å². The van der Waals surface area contributed by atoms with E-state index in [-0.39, 0.29) is 5.75 Å². The van der Waals surface area contributed by atoms with Gasteiger partial charge in [0.2, 0.25) is 0 Å². The number of aromatic nitrogens is 5. The fourth-order valence-corrected chi connectivity index (χ4v) is 4.15. The van der Waals surface area contributed by atoms with Gasteiger partial charge in [0.05, 0.1) is 17.4 Å². The fourth-order valence-electron chi connectivity index (χ4n) is 4.15. The summed E-state index contributed by atoms with van der Waals surface area (Å²) in [4.78, 5) is 0. The molecular weight excluding hydrogens is 388 g/mol. The zero-order chi connectivity index (χ0) is 20.8. The molecule has 3 aromatic carbocycles. The Bertz CT molecular complexity index is 1400. The average Bonchev–Trinajstić information content (AvgIpc) is 3.46. The largest absolute Gasteiger partial charge is 0.508 e. The Morgan fingerprint density at radius 3 is 2.68 bits per heavy atom. The molecule has 1 aliphatic rings. The van der Waals surface area contributed by atoms with Crippen LogP contribution in [0.4, 0.5) is 0 Å². The van der Waals surface area contributed by atoms with Crippen molar-refractivity contribution in [3.8, 4) is 34.0 Å². The highest BCUT2D eigenvalue weighted by molar-refractivity contribution is 5.94. The van der Waals surface area contributed by atoms with Crippen molar-refractivity contribution in [1.29, 1.82) is 0 Å². The van der Waals surface area contributed by atoms with Gasteiger partial charge in [-0.3, -0.25) is 5.10 Å². The summed E-state index contributed by atoms with van der Waals surface area (Å²) in [5.41, 5.74) is 8.18. The van der Waals surface area contributed by atoms with Gasteiger partial charge in [-0.1, -0.05) is 29.5 Å². The number of rotatable bonds is 3. The molecule has 0 bridgehead atoms. The number of H-pyrrole nitrogens is 1. The first-order valence-corrected chi connectivity index (χ1v) is 10.3. The van der Waals surface area contributed by atoms with Crippen LogP contribution in [0.1, 0.15) is 11.1 Å². The molecule has 6 rings (SSSR count).